The maximum atomic E-state index is 12.5. The summed E-state index contributed by atoms with van der Waals surface area (Å²) in [4.78, 5) is 24.9. The molecule has 0 heterocycles. The minimum atomic E-state index is -1.60. The van der Waals surface area contributed by atoms with Crippen molar-refractivity contribution in [2.45, 2.75) is 60.5 Å². The van der Waals surface area contributed by atoms with Gasteiger partial charge >= 0.3 is 11.9 Å². The second-order valence-corrected chi connectivity index (χ2v) is 6.54. The summed E-state index contributed by atoms with van der Waals surface area (Å²) >= 11 is 0. The second kappa shape index (κ2) is 10.1. The minimum absolute atomic E-state index is 0.0245. The summed E-state index contributed by atoms with van der Waals surface area (Å²) < 4.78 is 10.2. The molecule has 1 N–H and O–H groups in total. The molecule has 136 valence electrons. The van der Waals surface area contributed by atoms with Crippen molar-refractivity contribution in [1.82, 2.24) is 0 Å². The van der Waals surface area contributed by atoms with Gasteiger partial charge < -0.3 is 14.6 Å². The molecule has 1 unspecified atom stereocenters. The molecule has 5 nitrogen and oxygen atoms in total. The van der Waals surface area contributed by atoms with E-state index in [4.69, 9.17) is 9.47 Å². The van der Waals surface area contributed by atoms with Crippen LogP contribution in [0, 0.1) is 22.7 Å². The van der Waals surface area contributed by atoms with E-state index in [1.54, 1.807) is 26.8 Å². The molecule has 0 aliphatic rings. The summed E-state index contributed by atoms with van der Waals surface area (Å²) in [6.07, 6.45) is 2.77. The van der Waals surface area contributed by atoms with E-state index >= 15 is 0 Å². The standard InChI is InChI=1S/C19H30O5/c1-7-10-13-19(16(21)23-8-2,17(22)24-9-3)14-11-12-15(20)18(4,5)6/h11,14-15,20H,8-9,12-13H2,1-6H3/b14-11+. The number of hydrogen-bond acceptors (Lipinski definition) is 5. The Morgan fingerprint density at radius 1 is 1.12 bits per heavy atom. The lowest BCUT2D eigenvalue weighted by atomic mass is 9.82. The molecule has 1 atom stereocenters. The van der Waals surface area contributed by atoms with E-state index < -0.39 is 23.5 Å². The van der Waals surface area contributed by atoms with Gasteiger partial charge in [0, 0.05) is 6.42 Å². The fourth-order valence-corrected chi connectivity index (χ4v) is 1.92. The lowest BCUT2D eigenvalue weighted by Gasteiger charge is -2.26. The van der Waals surface area contributed by atoms with Crippen LogP contribution >= 0.6 is 0 Å². The van der Waals surface area contributed by atoms with Crippen LogP contribution in [0.25, 0.3) is 0 Å². The van der Waals surface area contributed by atoms with Gasteiger partial charge in [-0.3, -0.25) is 9.59 Å². The molecule has 0 radical (unpaired) electrons. The van der Waals surface area contributed by atoms with Crippen molar-refractivity contribution in [3.63, 3.8) is 0 Å². The highest BCUT2D eigenvalue weighted by Crippen LogP contribution is 2.30. The molecule has 0 fully saturated rings. The summed E-state index contributed by atoms with van der Waals surface area (Å²) in [7, 11) is 0. The van der Waals surface area contributed by atoms with Gasteiger partial charge in [0.15, 0.2) is 5.41 Å². The van der Waals surface area contributed by atoms with Gasteiger partial charge in [0.1, 0.15) is 0 Å². The Balaban J connectivity index is 5.65. The molecule has 0 rings (SSSR count). The first-order chi connectivity index (χ1) is 11.2. The number of carbonyl (C=O) groups is 2. The monoisotopic (exact) mass is 338 g/mol. The maximum absolute atomic E-state index is 12.5. The maximum Gasteiger partial charge on any atom is 0.328 e. The minimum Gasteiger partial charge on any atom is -0.465 e. The molecule has 0 amide bonds. The number of aliphatic hydroxyl groups is 1. The van der Waals surface area contributed by atoms with Crippen molar-refractivity contribution < 1.29 is 24.2 Å². The molecule has 5 heteroatoms. The molecule has 0 saturated heterocycles. The molecule has 0 spiro atoms. The highest BCUT2D eigenvalue weighted by molar-refractivity contribution is 6.02. The SMILES string of the molecule is CC#CCC(/C=C/CC(O)C(C)(C)C)(C(=O)OCC)C(=O)OCC. The number of carbonyl (C=O) groups excluding carboxylic acids is 2. The van der Waals surface area contributed by atoms with E-state index in [9.17, 15) is 14.7 Å². The van der Waals surface area contributed by atoms with Gasteiger partial charge in [-0.05, 0) is 32.6 Å². The molecule has 0 aromatic rings. The van der Waals surface area contributed by atoms with E-state index in [0.717, 1.165) is 0 Å². The van der Waals surface area contributed by atoms with Crippen molar-refractivity contribution in [1.29, 1.82) is 0 Å². The van der Waals surface area contributed by atoms with Gasteiger partial charge in [-0.2, -0.15) is 0 Å². The Bertz CT molecular complexity index is 484. The van der Waals surface area contributed by atoms with Crippen molar-refractivity contribution >= 4 is 11.9 Å². The third kappa shape index (κ3) is 6.37. The number of ether oxygens (including phenoxy) is 2. The first kappa shape index (κ1) is 22.2. The van der Waals surface area contributed by atoms with E-state index in [1.165, 1.54) is 6.08 Å². The van der Waals surface area contributed by atoms with Gasteiger partial charge in [0.05, 0.1) is 19.3 Å². The zero-order chi connectivity index (χ0) is 18.8. The van der Waals surface area contributed by atoms with Crippen LogP contribution in [0.5, 0.6) is 0 Å². The van der Waals surface area contributed by atoms with Gasteiger partial charge in [0.2, 0.25) is 0 Å². The number of esters is 2. The predicted molar refractivity (Wildman–Crippen MR) is 93.0 cm³/mol. The molecule has 24 heavy (non-hydrogen) atoms. The fraction of sp³-hybridized carbons (Fsp3) is 0.684. The number of rotatable bonds is 8. The third-order valence-electron chi connectivity index (χ3n) is 3.58. The first-order valence-electron chi connectivity index (χ1n) is 8.25. The van der Waals surface area contributed by atoms with Crippen molar-refractivity contribution in [3.8, 4) is 11.8 Å². The summed E-state index contributed by atoms with van der Waals surface area (Å²) in [6.45, 7) is 11.0. The molecule has 0 aliphatic carbocycles. The predicted octanol–water partition coefficient (Wildman–Crippen LogP) is 2.87. The van der Waals surface area contributed by atoms with Gasteiger partial charge in [0.25, 0.3) is 0 Å². The normalized spacial score (nSPS) is 13.1. The fourth-order valence-electron chi connectivity index (χ4n) is 1.92. The quantitative estimate of drug-likeness (QED) is 0.319. The average molecular weight is 338 g/mol. The number of aliphatic hydroxyl groups excluding tert-OH is 1. The summed E-state index contributed by atoms with van der Waals surface area (Å²) in [5.74, 6) is 4.09. The topological polar surface area (TPSA) is 72.8 Å². The van der Waals surface area contributed by atoms with Crippen LogP contribution in [0.2, 0.25) is 0 Å². The van der Waals surface area contributed by atoms with Crippen LogP contribution in [0.1, 0.15) is 54.4 Å². The number of hydrogen-bond donors (Lipinski definition) is 1. The van der Waals surface area contributed by atoms with Crippen LogP contribution in [-0.4, -0.2) is 36.4 Å². The van der Waals surface area contributed by atoms with E-state index in [0.29, 0.717) is 6.42 Å². The zero-order valence-corrected chi connectivity index (χ0v) is 15.6. The van der Waals surface area contributed by atoms with Crippen LogP contribution in [0.15, 0.2) is 12.2 Å². The smallest absolute Gasteiger partial charge is 0.328 e. The molecule has 0 saturated carbocycles. The highest BCUT2D eigenvalue weighted by Gasteiger charge is 2.46. The summed E-state index contributed by atoms with van der Waals surface area (Å²) in [5, 5.41) is 10.1. The van der Waals surface area contributed by atoms with E-state index in [2.05, 4.69) is 11.8 Å². The largest absolute Gasteiger partial charge is 0.465 e. The molecule has 0 aliphatic heterocycles. The van der Waals surface area contributed by atoms with Gasteiger partial charge in [-0.25, -0.2) is 0 Å². The Morgan fingerprint density at radius 2 is 1.62 bits per heavy atom. The average Bonchev–Trinajstić information content (AvgIpc) is 2.50. The Morgan fingerprint density at radius 3 is 2.00 bits per heavy atom. The molecule has 0 aromatic heterocycles. The lowest BCUT2D eigenvalue weighted by molar-refractivity contribution is -0.167. The first-order valence-corrected chi connectivity index (χ1v) is 8.25. The van der Waals surface area contributed by atoms with Gasteiger partial charge in [-0.1, -0.05) is 32.9 Å². The van der Waals surface area contributed by atoms with Gasteiger partial charge in [-0.15, -0.1) is 11.8 Å². The Labute approximate surface area is 145 Å². The van der Waals surface area contributed by atoms with Crippen LogP contribution in [0.3, 0.4) is 0 Å². The molecule has 0 aromatic carbocycles. The van der Waals surface area contributed by atoms with Crippen molar-refractivity contribution in [2.24, 2.45) is 10.8 Å². The summed E-state index contributed by atoms with van der Waals surface area (Å²) in [6, 6.07) is 0. The van der Waals surface area contributed by atoms with Crippen LogP contribution < -0.4 is 0 Å². The highest BCUT2D eigenvalue weighted by atomic mass is 16.6. The van der Waals surface area contributed by atoms with Crippen molar-refractivity contribution in [3.05, 3.63) is 12.2 Å². The van der Waals surface area contributed by atoms with Crippen molar-refractivity contribution in [2.75, 3.05) is 13.2 Å². The lowest BCUT2D eigenvalue weighted by Crippen LogP contribution is -2.40. The van der Waals surface area contributed by atoms with Crippen LogP contribution in [-0.2, 0) is 19.1 Å². The van der Waals surface area contributed by atoms with E-state index in [-0.39, 0.29) is 25.0 Å². The van der Waals surface area contributed by atoms with E-state index in [1.807, 2.05) is 20.8 Å². The second-order valence-electron chi connectivity index (χ2n) is 6.54. The van der Waals surface area contributed by atoms with Crippen LogP contribution in [0.4, 0.5) is 0 Å². The molecule has 0 bridgehead atoms. The zero-order valence-electron chi connectivity index (χ0n) is 15.6. The third-order valence-corrected chi connectivity index (χ3v) is 3.58. The Kier molecular flexibility index (Phi) is 9.38. The molecular weight excluding hydrogens is 308 g/mol. The summed E-state index contributed by atoms with van der Waals surface area (Å²) in [5.41, 5.74) is -1.91. The Hall–Kier alpha value is -1.80. The molecular formula is C19H30O5.